The summed E-state index contributed by atoms with van der Waals surface area (Å²) in [5, 5.41) is 23.2. The summed E-state index contributed by atoms with van der Waals surface area (Å²) < 4.78 is 3.47. The highest BCUT2D eigenvalue weighted by Crippen LogP contribution is 2.24. The van der Waals surface area contributed by atoms with Crippen LogP contribution in [0.4, 0.5) is 11.4 Å². The van der Waals surface area contributed by atoms with Gasteiger partial charge in [-0.25, -0.2) is 0 Å². The molecule has 0 unspecified atom stereocenters. The van der Waals surface area contributed by atoms with E-state index in [0.29, 0.717) is 35.7 Å². The molecule has 1 amide bonds. The van der Waals surface area contributed by atoms with Gasteiger partial charge in [0.2, 0.25) is 0 Å². The highest BCUT2D eigenvalue weighted by Gasteiger charge is 2.22. The number of amides is 1. The molecule has 9 nitrogen and oxygen atoms in total. The fourth-order valence-electron chi connectivity index (χ4n) is 4.06. The van der Waals surface area contributed by atoms with Crippen LogP contribution in [0.15, 0.2) is 54.6 Å². The third-order valence-corrected chi connectivity index (χ3v) is 5.84. The number of nitrogens with zero attached hydrogens (tertiary/aromatic N) is 5. The number of anilines is 1. The maximum Gasteiger partial charge on any atom is 0.312 e. The van der Waals surface area contributed by atoms with Gasteiger partial charge < -0.3 is 5.32 Å². The number of carbonyl (C=O) groups excluding carboxylic acids is 1. The maximum atomic E-state index is 13.0. The molecule has 0 saturated carbocycles. The summed E-state index contributed by atoms with van der Waals surface area (Å²) in [6.45, 7) is 8.05. The Morgan fingerprint density at radius 1 is 0.882 bits per heavy atom. The summed E-state index contributed by atoms with van der Waals surface area (Å²) in [4.78, 5) is 23.9. The molecule has 0 radical (unpaired) electrons. The van der Waals surface area contributed by atoms with Crippen LogP contribution < -0.4 is 5.32 Å². The Kier molecular flexibility index (Phi) is 6.27. The van der Waals surface area contributed by atoms with Crippen molar-refractivity contribution in [2.24, 2.45) is 0 Å². The highest BCUT2D eigenvalue weighted by molar-refractivity contribution is 6.05. The molecule has 2 aromatic heterocycles. The molecule has 0 atom stereocenters. The quantitative estimate of drug-likeness (QED) is 0.322. The van der Waals surface area contributed by atoms with Crippen molar-refractivity contribution in [2.45, 2.75) is 40.8 Å². The first-order chi connectivity index (χ1) is 16.2. The summed E-state index contributed by atoms with van der Waals surface area (Å²) >= 11 is 0. The molecule has 0 fully saturated rings. The first-order valence-corrected chi connectivity index (χ1v) is 10.9. The van der Waals surface area contributed by atoms with Gasteiger partial charge in [-0.05, 0) is 51.0 Å². The third-order valence-electron chi connectivity index (χ3n) is 5.84. The average molecular weight is 459 g/mol. The first kappa shape index (κ1) is 22.9. The van der Waals surface area contributed by atoms with Gasteiger partial charge in [-0.15, -0.1) is 0 Å². The summed E-state index contributed by atoms with van der Waals surface area (Å²) in [6, 6.07) is 17.2. The summed E-state index contributed by atoms with van der Waals surface area (Å²) in [5.41, 5.74) is 5.62. The van der Waals surface area contributed by atoms with Gasteiger partial charge in [0.15, 0.2) is 0 Å². The second-order valence-electron chi connectivity index (χ2n) is 8.28. The van der Waals surface area contributed by atoms with Crippen LogP contribution in [0.3, 0.4) is 0 Å². The zero-order valence-electron chi connectivity index (χ0n) is 19.6. The van der Waals surface area contributed by atoms with Crippen molar-refractivity contribution in [3.05, 3.63) is 104 Å². The molecule has 4 aromatic rings. The van der Waals surface area contributed by atoms with Crippen molar-refractivity contribution in [2.75, 3.05) is 5.32 Å². The number of benzene rings is 2. The number of aryl methyl sites for hydroxylation is 2. The standard InChI is InChI=1S/C25H26N6O3/c1-16-23(18(3)29(27-16)14-20-9-6-5-7-10-20)26-25(32)22-12-8-11-21(13-22)15-30-19(4)24(31(33)34)17(2)28-30/h5-13H,14-15H2,1-4H3,(H,26,32). The normalized spacial score (nSPS) is 10.9. The number of hydrogen-bond donors (Lipinski definition) is 1. The molecule has 0 bridgehead atoms. The van der Waals surface area contributed by atoms with Crippen LogP contribution >= 0.6 is 0 Å². The Balaban J connectivity index is 1.52. The van der Waals surface area contributed by atoms with Gasteiger partial charge in [0.25, 0.3) is 5.91 Å². The van der Waals surface area contributed by atoms with Crippen LogP contribution in [0.2, 0.25) is 0 Å². The highest BCUT2D eigenvalue weighted by atomic mass is 16.6. The number of rotatable bonds is 7. The number of carbonyl (C=O) groups is 1. The van der Waals surface area contributed by atoms with E-state index in [1.807, 2.05) is 54.9 Å². The van der Waals surface area contributed by atoms with E-state index in [4.69, 9.17) is 0 Å². The van der Waals surface area contributed by atoms with Crippen LogP contribution in [0, 0.1) is 37.8 Å². The van der Waals surface area contributed by atoms with E-state index in [0.717, 1.165) is 22.5 Å². The first-order valence-electron chi connectivity index (χ1n) is 10.9. The monoisotopic (exact) mass is 458 g/mol. The predicted molar refractivity (Wildman–Crippen MR) is 129 cm³/mol. The second-order valence-corrected chi connectivity index (χ2v) is 8.28. The third kappa shape index (κ3) is 4.59. The van der Waals surface area contributed by atoms with Crippen LogP contribution in [-0.4, -0.2) is 30.4 Å². The van der Waals surface area contributed by atoms with Crippen molar-refractivity contribution in [3.63, 3.8) is 0 Å². The molecular weight excluding hydrogens is 432 g/mol. The Morgan fingerprint density at radius 2 is 1.50 bits per heavy atom. The summed E-state index contributed by atoms with van der Waals surface area (Å²) in [7, 11) is 0. The van der Waals surface area contributed by atoms with Crippen molar-refractivity contribution in [3.8, 4) is 0 Å². The average Bonchev–Trinajstić information content (AvgIpc) is 3.23. The fourth-order valence-corrected chi connectivity index (χ4v) is 4.06. The lowest BCUT2D eigenvalue weighted by Gasteiger charge is -2.09. The summed E-state index contributed by atoms with van der Waals surface area (Å²) in [6.07, 6.45) is 0. The van der Waals surface area contributed by atoms with Crippen LogP contribution in [-0.2, 0) is 13.1 Å². The summed E-state index contributed by atoms with van der Waals surface area (Å²) in [5.74, 6) is -0.244. The number of aromatic nitrogens is 4. The smallest absolute Gasteiger partial charge is 0.312 e. The number of hydrogen-bond acceptors (Lipinski definition) is 5. The van der Waals surface area contributed by atoms with E-state index in [9.17, 15) is 14.9 Å². The molecule has 174 valence electrons. The van der Waals surface area contributed by atoms with E-state index in [1.54, 1.807) is 36.7 Å². The van der Waals surface area contributed by atoms with Crippen molar-refractivity contribution in [1.82, 2.24) is 19.6 Å². The largest absolute Gasteiger partial charge is 0.319 e. The van der Waals surface area contributed by atoms with Crippen LogP contribution in [0.1, 0.15) is 44.3 Å². The molecule has 2 heterocycles. The van der Waals surface area contributed by atoms with Gasteiger partial charge in [0.1, 0.15) is 11.4 Å². The van der Waals surface area contributed by atoms with Gasteiger partial charge in [0.05, 0.1) is 35.1 Å². The van der Waals surface area contributed by atoms with E-state index in [1.165, 1.54) is 0 Å². The van der Waals surface area contributed by atoms with Crippen molar-refractivity contribution >= 4 is 17.3 Å². The van der Waals surface area contributed by atoms with Crippen molar-refractivity contribution < 1.29 is 9.72 Å². The number of nitro groups is 1. The molecule has 34 heavy (non-hydrogen) atoms. The van der Waals surface area contributed by atoms with Crippen molar-refractivity contribution in [1.29, 1.82) is 0 Å². The fraction of sp³-hybridized carbons (Fsp3) is 0.240. The molecule has 0 aliphatic heterocycles. The Morgan fingerprint density at radius 3 is 2.18 bits per heavy atom. The molecule has 0 spiro atoms. The molecule has 0 aliphatic carbocycles. The Bertz CT molecular complexity index is 1370. The number of nitrogens with one attached hydrogen (secondary N) is 1. The lowest BCUT2D eigenvalue weighted by atomic mass is 10.1. The Labute approximate surface area is 197 Å². The van der Waals surface area contributed by atoms with Gasteiger partial charge in [-0.3, -0.25) is 24.3 Å². The molecule has 2 aromatic carbocycles. The van der Waals surface area contributed by atoms with E-state index in [-0.39, 0.29) is 11.6 Å². The predicted octanol–water partition coefficient (Wildman–Crippen LogP) is 4.57. The zero-order chi connectivity index (χ0) is 24.4. The van der Waals surface area contributed by atoms with Gasteiger partial charge in [0, 0.05) is 5.56 Å². The maximum absolute atomic E-state index is 13.0. The molecule has 1 N–H and O–H groups in total. The minimum absolute atomic E-state index is 0.0207. The topological polar surface area (TPSA) is 108 Å². The molecule has 0 saturated heterocycles. The molecule has 0 aliphatic rings. The van der Waals surface area contributed by atoms with Gasteiger partial charge in [-0.1, -0.05) is 42.5 Å². The van der Waals surface area contributed by atoms with E-state index >= 15 is 0 Å². The molecule has 4 rings (SSSR count). The lowest BCUT2D eigenvalue weighted by Crippen LogP contribution is -2.14. The van der Waals surface area contributed by atoms with Crippen LogP contribution in [0.5, 0.6) is 0 Å². The molecule has 9 heteroatoms. The van der Waals surface area contributed by atoms with E-state index in [2.05, 4.69) is 15.5 Å². The lowest BCUT2D eigenvalue weighted by molar-refractivity contribution is -0.386. The minimum Gasteiger partial charge on any atom is -0.319 e. The SMILES string of the molecule is Cc1nn(Cc2ccccc2)c(C)c1NC(=O)c1cccc(Cn2nc(C)c([N+](=O)[O-])c2C)c1. The minimum atomic E-state index is -0.416. The second kappa shape index (κ2) is 9.30. The van der Waals surface area contributed by atoms with E-state index < -0.39 is 4.92 Å². The zero-order valence-corrected chi connectivity index (χ0v) is 19.6. The molecular formula is C25H26N6O3. The Hall–Kier alpha value is -4.27. The van der Waals surface area contributed by atoms with Gasteiger partial charge >= 0.3 is 5.69 Å². The van der Waals surface area contributed by atoms with Gasteiger partial charge in [-0.2, -0.15) is 10.2 Å². The van der Waals surface area contributed by atoms with Crippen LogP contribution in [0.25, 0.3) is 0 Å².